The Balaban J connectivity index is 1.79. The third-order valence-corrected chi connectivity index (χ3v) is 3.44. The zero-order valence-electron chi connectivity index (χ0n) is 12.5. The van der Waals surface area contributed by atoms with Crippen LogP contribution in [0, 0.1) is 0 Å². The van der Waals surface area contributed by atoms with Crippen molar-refractivity contribution in [3.8, 4) is 0 Å². The quantitative estimate of drug-likeness (QED) is 0.614. The average Bonchev–Trinajstić information content (AvgIpc) is 3.05. The van der Waals surface area contributed by atoms with Gasteiger partial charge in [-0.05, 0) is 24.3 Å². The molecule has 3 heterocycles. The second kappa shape index (κ2) is 5.92. The zero-order valence-corrected chi connectivity index (χ0v) is 12.5. The first kappa shape index (κ1) is 14.1. The van der Waals surface area contributed by atoms with Gasteiger partial charge in [-0.25, -0.2) is 19.9 Å². The van der Waals surface area contributed by atoms with E-state index in [0.717, 1.165) is 5.69 Å². The number of benzene rings is 1. The van der Waals surface area contributed by atoms with Gasteiger partial charge >= 0.3 is 5.76 Å². The van der Waals surface area contributed by atoms with Crippen molar-refractivity contribution in [2.24, 2.45) is 0 Å². The van der Waals surface area contributed by atoms with Crippen molar-refractivity contribution in [3.05, 3.63) is 71.3 Å². The van der Waals surface area contributed by atoms with E-state index in [4.69, 9.17) is 4.42 Å². The highest BCUT2D eigenvalue weighted by Crippen LogP contribution is 2.26. The van der Waals surface area contributed by atoms with E-state index in [1.54, 1.807) is 12.4 Å². The molecule has 118 valence electrons. The van der Waals surface area contributed by atoms with Crippen molar-refractivity contribution in [2.75, 3.05) is 4.90 Å². The Bertz CT molecular complexity index is 1030. The van der Waals surface area contributed by atoms with E-state index in [2.05, 4.69) is 25.1 Å². The molecule has 0 saturated heterocycles. The van der Waals surface area contributed by atoms with E-state index in [1.165, 1.54) is 0 Å². The Morgan fingerprint density at radius 3 is 2.67 bits per heavy atom. The van der Waals surface area contributed by atoms with Crippen molar-refractivity contribution in [2.45, 2.75) is 6.54 Å². The van der Waals surface area contributed by atoms with E-state index >= 15 is 0 Å². The number of aromatic nitrogens is 5. The van der Waals surface area contributed by atoms with Gasteiger partial charge < -0.3 is 9.32 Å². The van der Waals surface area contributed by atoms with Crippen LogP contribution < -0.4 is 10.7 Å². The standard InChI is InChI=1S/C16H12N6O2/c23-16-21-20-14(24-16)10-22(11-4-2-1-3-5-11)13-7-6-12-15(19-13)18-9-8-17-12/h1-9H,10H2,(H,21,23). The molecule has 0 aliphatic carbocycles. The third-order valence-electron chi connectivity index (χ3n) is 3.44. The van der Waals surface area contributed by atoms with Crippen LogP contribution in [-0.2, 0) is 6.54 Å². The van der Waals surface area contributed by atoms with E-state index in [1.807, 2.05) is 47.4 Å². The molecule has 0 aliphatic rings. The van der Waals surface area contributed by atoms with E-state index in [-0.39, 0.29) is 12.4 Å². The summed E-state index contributed by atoms with van der Waals surface area (Å²) >= 11 is 0. The Morgan fingerprint density at radius 2 is 1.88 bits per heavy atom. The van der Waals surface area contributed by atoms with Gasteiger partial charge in [0.2, 0.25) is 5.89 Å². The van der Waals surface area contributed by atoms with Crippen LogP contribution in [0.1, 0.15) is 5.89 Å². The van der Waals surface area contributed by atoms with Crippen molar-refractivity contribution in [3.63, 3.8) is 0 Å². The first-order chi connectivity index (χ1) is 11.8. The maximum atomic E-state index is 11.2. The van der Waals surface area contributed by atoms with Crippen LogP contribution in [0.4, 0.5) is 11.5 Å². The number of fused-ring (bicyclic) bond motifs is 1. The lowest BCUT2D eigenvalue weighted by atomic mass is 10.2. The molecule has 0 fully saturated rings. The van der Waals surface area contributed by atoms with Gasteiger partial charge in [-0.15, -0.1) is 5.10 Å². The Kier molecular flexibility index (Phi) is 3.47. The van der Waals surface area contributed by atoms with Gasteiger partial charge in [-0.3, -0.25) is 4.98 Å². The van der Waals surface area contributed by atoms with Crippen LogP contribution in [0.5, 0.6) is 0 Å². The lowest BCUT2D eigenvalue weighted by Gasteiger charge is -2.22. The fraction of sp³-hybridized carbons (Fsp3) is 0.0625. The summed E-state index contributed by atoms with van der Waals surface area (Å²) in [6.07, 6.45) is 3.22. The Labute approximate surface area is 135 Å². The molecule has 0 spiro atoms. The molecular formula is C16H12N6O2. The number of hydrogen-bond acceptors (Lipinski definition) is 7. The minimum Gasteiger partial charge on any atom is -0.390 e. The summed E-state index contributed by atoms with van der Waals surface area (Å²) < 4.78 is 5.02. The van der Waals surface area contributed by atoms with Gasteiger partial charge in [0.1, 0.15) is 17.9 Å². The maximum absolute atomic E-state index is 11.2. The van der Waals surface area contributed by atoms with Gasteiger partial charge in [0, 0.05) is 18.1 Å². The first-order valence-corrected chi connectivity index (χ1v) is 7.24. The molecule has 8 nitrogen and oxygen atoms in total. The summed E-state index contributed by atoms with van der Waals surface area (Å²) in [4.78, 5) is 26.1. The Morgan fingerprint density at radius 1 is 1.04 bits per heavy atom. The summed E-state index contributed by atoms with van der Waals surface area (Å²) in [5.74, 6) is 0.333. The lowest BCUT2D eigenvalue weighted by molar-refractivity contribution is 0.462. The van der Waals surface area contributed by atoms with Crippen molar-refractivity contribution in [1.29, 1.82) is 0 Å². The molecule has 4 rings (SSSR count). The third kappa shape index (κ3) is 2.72. The van der Waals surface area contributed by atoms with Crippen molar-refractivity contribution < 1.29 is 4.42 Å². The molecule has 0 amide bonds. The highest BCUT2D eigenvalue weighted by molar-refractivity contribution is 5.73. The minimum atomic E-state index is -0.588. The van der Waals surface area contributed by atoms with Gasteiger partial charge in [-0.2, -0.15) is 0 Å². The monoisotopic (exact) mass is 320 g/mol. The van der Waals surface area contributed by atoms with Gasteiger partial charge in [0.25, 0.3) is 0 Å². The summed E-state index contributed by atoms with van der Waals surface area (Å²) in [6, 6.07) is 13.3. The summed E-state index contributed by atoms with van der Waals surface area (Å²) in [5, 5.41) is 6.13. The summed E-state index contributed by atoms with van der Waals surface area (Å²) in [7, 11) is 0. The van der Waals surface area contributed by atoms with Crippen LogP contribution in [0.25, 0.3) is 11.2 Å². The summed E-state index contributed by atoms with van der Waals surface area (Å²) in [5.41, 5.74) is 2.14. The van der Waals surface area contributed by atoms with E-state index < -0.39 is 5.76 Å². The number of pyridine rings is 1. The number of nitrogens with one attached hydrogen (secondary N) is 1. The van der Waals surface area contributed by atoms with Gasteiger partial charge in [0.05, 0.1) is 0 Å². The van der Waals surface area contributed by atoms with E-state index in [0.29, 0.717) is 17.0 Å². The second-order valence-electron chi connectivity index (χ2n) is 5.00. The average molecular weight is 320 g/mol. The fourth-order valence-corrected chi connectivity index (χ4v) is 2.37. The highest BCUT2D eigenvalue weighted by atomic mass is 16.4. The molecule has 0 atom stereocenters. The molecule has 4 aromatic rings. The number of anilines is 2. The molecule has 1 aromatic carbocycles. The molecule has 0 unspecified atom stereocenters. The van der Waals surface area contributed by atoms with Crippen LogP contribution in [-0.4, -0.2) is 25.1 Å². The normalized spacial score (nSPS) is 10.8. The minimum absolute atomic E-state index is 0.252. The largest absolute Gasteiger partial charge is 0.434 e. The van der Waals surface area contributed by atoms with Crippen LogP contribution in [0.3, 0.4) is 0 Å². The molecule has 8 heteroatoms. The SMILES string of the molecule is O=c1[nH]nc(CN(c2ccccc2)c2ccc3nccnc3n2)o1. The molecule has 0 bridgehead atoms. The predicted octanol–water partition coefficient (Wildman–Crippen LogP) is 2.04. The predicted molar refractivity (Wildman–Crippen MR) is 86.7 cm³/mol. The number of nitrogens with zero attached hydrogens (tertiary/aromatic N) is 5. The van der Waals surface area contributed by atoms with Crippen LogP contribution in [0.15, 0.2) is 64.1 Å². The van der Waals surface area contributed by atoms with Crippen LogP contribution >= 0.6 is 0 Å². The Hall–Kier alpha value is -3.55. The number of H-pyrrole nitrogens is 1. The number of hydrogen-bond donors (Lipinski definition) is 1. The highest BCUT2D eigenvalue weighted by Gasteiger charge is 2.15. The topological polar surface area (TPSA) is 101 Å². The second-order valence-corrected chi connectivity index (χ2v) is 5.00. The molecule has 0 radical (unpaired) electrons. The van der Waals surface area contributed by atoms with Gasteiger partial charge in [-0.1, -0.05) is 18.2 Å². The first-order valence-electron chi connectivity index (χ1n) is 7.24. The lowest BCUT2D eigenvalue weighted by Crippen LogP contribution is -2.18. The molecule has 0 aliphatic heterocycles. The van der Waals surface area contributed by atoms with Crippen molar-refractivity contribution >= 4 is 22.7 Å². The molecule has 24 heavy (non-hydrogen) atoms. The summed E-state index contributed by atoms with van der Waals surface area (Å²) in [6.45, 7) is 0.252. The zero-order chi connectivity index (χ0) is 16.4. The smallest absolute Gasteiger partial charge is 0.390 e. The molecular weight excluding hydrogens is 308 g/mol. The number of rotatable bonds is 4. The van der Waals surface area contributed by atoms with Gasteiger partial charge in [0.15, 0.2) is 5.65 Å². The fourth-order valence-electron chi connectivity index (χ4n) is 2.37. The molecule has 3 aromatic heterocycles. The van der Waals surface area contributed by atoms with Crippen LogP contribution in [0.2, 0.25) is 0 Å². The molecule has 1 N–H and O–H groups in total. The number of para-hydroxylation sites is 1. The van der Waals surface area contributed by atoms with Crippen molar-refractivity contribution in [1.82, 2.24) is 25.1 Å². The molecule has 0 saturated carbocycles. The number of aromatic amines is 1. The van der Waals surface area contributed by atoms with E-state index in [9.17, 15) is 4.79 Å². The maximum Gasteiger partial charge on any atom is 0.434 e.